The molecular formula is C23H32N2O4S. The van der Waals surface area contributed by atoms with E-state index in [1.165, 1.54) is 22.9 Å². The van der Waals surface area contributed by atoms with Gasteiger partial charge in [0.05, 0.1) is 18.7 Å². The third-order valence-corrected chi connectivity index (χ3v) is 5.58. The number of ketones is 1. The van der Waals surface area contributed by atoms with Crippen molar-refractivity contribution in [1.29, 1.82) is 0 Å². The number of hydrogen-bond donors (Lipinski definition) is 0. The fourth-order valence-electron chi connectivity index (χ4n) is 3.03. The van der Waals surface area contributed by atoms with Crippen molar-refractivity contribution in [1.82, 2.24) is 9.55 Å². The zero-order valence-corrected chi connectivity index (χ0v) is 19.6. The summed E-state index contributed by atoms with van der Waals surface area (Å²) in [6, 6.07) is 6.52. The van der Waals surface area contributed by atoms with Gasteiger partial charge in [0.25, 0.3) is 0 Å². The highest BCUT2D eigenvalue weighted by Crippen LogP contribution is 2.35. The lowest BCUT2D eigenvalue weighted by molar-refractivity contribution is -0.146. The van der Waals surface area contributed by atoms with Gasteiger partial charge in [-0.3, -0.25) is 9.36 Å². The number of carbonyl (C=O) groups excluding carboxylic acids is 2. The van der Waals surface area contributed by atoms with E-state index in [9.17, 15) is 9.59 Å². The van der Waals surface area contributed by atoms with Gasteiger partial charge in [-0.15, -0.1) is 0 Å². The lowest BCUT2D eigenvalue weighted by atomic mass is 10.1. The van der Waals surface area contributed by atoms with Crippen molar-refractivity contribution in [3.63, 3.8) is 0 Å². The molecule has 1 aromatic carbocycles. The summed E-state index contributed by atoms with van der Waals surface area (Å²) >= 11 is 1.70. The molecule has 164 valence electrons. The van der Waals surface area contributed by atoms with E-state index in [0.717, 1.165) is 16.5 Å². The summed E-state index contributed by atoms with van der Waals surface area (Å²) in [5.74, 6) is 0.791. The summed E-state index contributed by atoms with van der Waals surface area (Å²) in [6.45, 7) is 12.7. The Morgan fingerprint density at radius 1 is 1.07 bits per heavy atom. The molecule has 1 aromatic heterocycles. The molecule has 0 radical (unpaired) electrons. The molecule has 7 heteroatoms. The minimum Gasteiger partial charge on any atom is -0.463 e. The Labute approximate surface area is 183 Å². The van der Waals surface area contributed by atoms with Crippen LogP contribution in [0.3, 0.4) is 0 Å². The van der Waals surface area contributed by atoms with Gasteiger partial charge in [0.1, 0.15) is 30.0 Å². The van der Waals surface area contributed by atoms with Crippen molar-refractivity contribution in [2.45, 2.75) is 77.0 Å². The molecule has 0 saturated heterocycles. The number of hydrogen-bond acceptors (Lipinski definition) is 6. The summed E-state index contributed by atoms with van der Waals surface area (Å²) in [4.78, 5) is 28.4. The largest absolute Gasteiger partial charge is 0.463 e. The third kappa shape index (κ3) is 7.29. The minimum absolute atomic E-state index is 0.0198. The highest BCUT2D eigenvalue weighted by atomic mass is 32.2. The Balaban J connectivity index is 2.01. The van der Waals surface area contributed by atoms with Gasteiger partial charge in [-0.2, -0.15) is 0 Å². The standard InChI is InChI=1S/C23H32N2O4S/c1-15(2)22-23(30-20-12-16(3)11-17(4)13-20)25(19(6)24-22)14-28-9-10-29-21(27)8-7-18(5)26/h11-13,15H,7-10,14H2,1-6H3. The molecule has 2 rings (SSSR count). The SMILES string of the molecule is CC(=O)CCC(=O)OCCOCn1c(C)nc(C(C)C)c1Sc1cc(C)cc(C)c1. The van der Waals surface area contributed by atoms with E-state index in [-0.39, 0.29) is 37.8 Å². The van der Waals surface area contributed by atoms with Crippen LogP contribution < -0.4 is 0 Å². The number of nitrogens with zero attached hydrogens (tertiary/aromatic N) is 2. The molecule has 2 aromatic rings. The first-order valence-corrected chi connectivity index (χ1v) is 11.0. The molecule has 0 saturated carbocycles. The minimum atomic E-state index is -0.374. The summed E-state index contributed by atoms with van der Waals surface area (Å²) in [5, 5.41) is 1.07. The van der Waals surface area contributed by atoms with Crippen LogP contribution in [0, 0.1) is 20.8 Å². The molecule has 0 amide bonds. The quantitative estimate of drug-likeness (QED) is 0.369. The zero-order valence-electron chi connectivity index (χ0n) is 18.8. The van der Waals surface area contributed by atoms with E-state index in [1.807, 2.05) is 6.92 Å². The number of imidazole rings is 1. The van der Waals surface area contributed by atoms with Crippen molar-refractivity contribution < 1.29 is 19.1 Å². The van der Waals surface area contributed by atoms with Crippen molar-refractivity contribution in [3.05, 3.63) is 40.8 Å². The lowest BCUT2D eigenvalue weighted by Gasteiger charge is -2.13. The second kappa shape index (κ2) is 11.3. The first-order valence-electron chi connectivity index (χ1n) is 10.2. The molecule has 0 aliphatic heterocycles. The molecule has 0 aliphatic carbocycles. The third-order valence-electron chi connectivity index (χ3n) is 4.49. The van der Waals surface area contributed by atoms with E-state index >= 15 is 0 Å². The van der Waals surface area contributed by atoms with Crippen molar-refractivity contribution in [2.24, 2.45) is 0 Å². The van der Waals surface area contributed by atoms with Crippen molar-refractivity contribution >= 4 is 23.5 Å². The first kappa shape index (κ1) is 24.2. The summed E-state index contributed by atoms with van der Waals surface area (Å²) in [7, 11) is 0. The Morgan fingerprint density at radius 2 is 1.73 bits per heavy atom. The Bertz CT molecular complexity index is 869. The normalized spacial score (nSPS) is 11.2. The fourth-order valence-corrected chi connectivity index (χ4v) is 4.42. The number of Topliss-reactive ketones (excluding diaryl/α,β-unsaturated/α-hetero) is 1. The van der Waals surface area contributed by atoms with Crippen LogP contribution in [-0.4, -0.2) is 34.5 Å². The Kier molecular flexibility index (Phi) is 9.11. The first-order chi connectivity index (χ1) is 14.2. The van der Waals surface area contributed by atoms with E-state index in [2.05, 4.69) is 50.5 Å². The van der Waals surface area contributed by atoms with E-state index in [4.69, 9.17) is 14.5 Å². The molecule has 0 spiro atoms. The van der Waals surface area contributed by atoms with Gasteiger partial charge in [0.2, 0.25) is 0 Å². The average molecular weight is 433 g/mol. The van der Waals surface area contributed by atoms with E-state index in [0.29, 0.717) is 12.6 Å². The predicted molar refractivity (Wildman–Crippen MR) is 118 cm³/mol. The van der Waals surface area contributed by atoms with Gasteiger partial charge in [0.15, 0.2) is 0 Å². The number of aromatic nitrogens is 2. The van der Waals surface area contributed by atoms with Crippen LogP contribution in [0.5, 0.6) is 0 Å². The van der Waals surface area contributed by atoms with Gasteiger partial charge < -0.3 is 14.3 Å². The van der Waals surface area contributed by atoms with Crippen LogP contribution in [0.2, 0.25) is 0 Å². The number of ether oxygens (including phenoxy) is 2. The van der Waals surface area contributed by atoms with E-state index < -0.39 is 0 Å². The van der Waals surface area contributed by atoms with Crippen LogP contribution in [0.1, 0.15) is 62.2 Å². The highest BCUT2D eigenvalue weighted by molar-refractivity contribution is 7.99. The lowest BCUT2D eigenvalue weighted by Crippen LogP contribution is -2.13. The molecule has 0 atom stereocenters. The second-order valence-corrected chi connectivity index (χ2v) is 8.88. The maximum absolute atomic E-state index is 11.6. The average Bonchev–Trinajstić information content (AvgIpc) is 2.95. The van der Waals surface area contributed by atoms with Gasteiger partial charge >= 0.3 is 5.97 Å². The van der Waals surface area contributed by atoms with Crippen LogP contribution in [0.15, 0.2) is 28.1 Å². The molecule has 0 fully saturated rings. The number of aryl methyl sites for hydroxylation is 3. The molecule has 0 aliphatic rings. The highest BCUT2D eigenvalue weighted by Gasteiger charge is 2.19. The van der Waals surface area contributed by atoms with Crippen LogP contribution in [0.25, 0.3) is 0 Å². The molecule has 1 heterocycles. The fraction of sp³-hybridized carbons (Fsp3) is 0.522. The maximum atomic E-state index is 11.6. The van der Waals surface area contributed by atoms with Crippen molar-refractivity contribution in [2.75, 3.05) is 13.2 Å². The number of benzene rings is 1. The molecule has 6 nitrogen and oxygen atoms in total. The number of esters is 1. The van der Waals surface area contributed by atoms with Gasteiger partial charge in [-0.1, -0.05) is 31.7 Å². The maximum Gasteiger partial charge on any atom is 0.306 e. The zero-order chi connectivity index (χ0) is 22.3. The molecular weight excluding hydrogens is 400 g/mol. The van der Waals surface area contributed by atoms with Crippen LogP contribution in [-0.2, 0) is 25.8 Å². The topological polar surface area (TPSA) is 70.4 Å². The molecule has 0 bridgehead atoms. The van der Waals surface area contributed by atoms with Crippen LogP contribution >= 0.6 is 11.8 Å². The van der Waals surface area contributed by atoms with Gasteiger partial charge in [-0.05, 0) is 56.9 Å². The van der Waals surface area contributed by atoms with Crippen molar-refractivity contribution in [3.8, 4) is 0 Å². The monoisotopic (exact) mass is 432 g/mol. The van der Waals surface area contributed by atoms with Gasteiger partial charge in [0, 0.05) is 11.3 Å². The summed E-state index contributed by atoms with van der Waals surface area (Å²) < 4.78 is 12.9. The van der Waals surface area contributed by atoms with Crippen LogP contribution in [0.4, 0.5) is 0 Å². The van der Waals surface area contributed by atoms with Gasteiger partial charge in [-0.25, -0.2) is 4.98 Å². The Hall–Kier alpha value is -2.12. The molecule has 30 heavy (non-hydrogen) atoms. The Morgan fingerprint density at radius 3 is 2.33 bits per heavy atom. The predicted octanol–water partition coefficient (Wildman–Crippen LogP) is 4.97. The smallest absolute Gasteiger partial charge is 0.306 e. The second-order valence-electron chi connectivity index (χ2n) is 7.82. The summed E-state index contributed by atoms with van der Waals surface area (Å²) in [6.07, 6.45) is 0.329. The van der Waals surface area contributed by atoms with E-state index in [1.54, 1.807) is 11.8 Å². The summed E-state index contributed by atoms with van der Waals surface area (Å²) in [5.41, 5.74) is 3.51. The molecule has 0 unspecified atom stereocenters. The number of rotatable bonds is 11. The molecule has 0 N–H and O–H groups in total. The number of carbonyl (C=O) groups is 2.